The van der Waals surface area contributed by atoms with Gasteiger partial charge in [0.15, 0.2) is 0 Å². The molecule has 8 heteroatoms. The van der Waals surface area contributed by atoms with Gasteiger partial charge in [0.2, 0.25) is 0 Å². The van der Waals surface area contributed by atoms with Crippen LogP contribution in [-0.4, -0.2) is 18.6 Å². The summed E-state index contributed by atoms with van der Waals surface area (Å²) in [6.45, 7) is 1.59. The Morgan fingerprint density at radius 3 is 2.72 bits per heavy atom. The number of hydrogen-bond donors (Lipinski definition) is 2. The summed E-state index contributed by atoms with van der Waals surface area (Å²) in [5.41, 5.74) is 0.566. The van der Waals surface area contributed by atoms with Gasteiger partial charge in [0, 0.05) is 0 Å². The molecule has 2 N–H and O–H groups in total. The van der Waals surface area contributed by atoms with Crippen molar-refractivity contribution in [1.29, 1.82) is 0 Å². The molecule has 5 nitrogen and oxygen atoms in total. The molecule has 0 atom stereocenters. The summed E-state index contributed by atoms with van der Waals surface area (Å²) in [6, 6.07) is 3.98. The van der Waals surface area contributed by atoms with Crippen molar-refractivity contribution in [3.63, 3.8) is 0 Å². The molecule has 0 amide bonds. The van der Waals surface area contributed by atoms with E-state index in [2.05, 4.69) is 30.8 Å². The molecule has 96 valence electrons. The van der Waals surface area contributed by atoms with Crippen molar-refractivity contribution in [1.82, 2.24) is 10.2 Å². The number of anilines is 1. The van der Waals surface area contributed by atoms with Gasteiger partial charge in [-0.1, -0.05) is 0 Å². The number of H-pyrrole nitrogens is 1. The number of sulfonamides is 1. The fraction of sp³-hybridized carbons (Fsp3) is 0.100. The Morgan fingerprint density at radius 1 is 1.44 bits per heavy atom. The van der Waals surface area contributed by atoms with Crippen molar-refractivity contribution in [2.45, 2.75) is 11.8 Å². The summed E-state index contributed by atoms with van der Waals surface area (Å²) in [5, 5.41) is 6.17. The molecule has 1 aromatic heterocycles. The molecule has 2 aromatic rings. The summed E-state index contributed by atoms with van der Waals surface area (Å²) in [4.78, 5) is 0.0332. The largest absolute Gasteiger partial charge is 0.281 e. The maximum atomic E-state index is 13.3. The third kappa shape index (κ3) is 2.54. The molecule has 0 aliphatic rings. The minimum atomic E-state index is -3.76. The Kier molecular flexibility index (Phi) is 3.40. The number of rotatable bonds is 3. The van der Waals surface area contributed by atoms with Gasteiger partial charge < -0.3 is 0 Å². The lowest BCUT2D eigenvalue weighted by molar-refractivity contribution is 0.600. The molecule has 18 heavy (non-hydrogen) atoms. The quantitative estimate of drug-likeness (QED) is 0.905. The Bertz CT molecular complexity index is 684. The van der Waals surface area contributed by atoms with E-state index in [9.17, 15) is 12.8 Å². The number of nitrogens with zero attached hydrogens (tertiary/aromatic N) is 1. The zero-order valence-corrected chi connectivity index (χ0v) is 11.6. The number of hydrogen-bond acceptors (Lipinski definition) is 3. The Morgan fingerprint density at radius 2 is 2.17 bits per heavy atom. The minimum Gasteiger partial charge on any atom is -0.281 e. The average Bonchev–Trinajstić information content (AvgIpc) is 2.70. The van der Waals surface area contributed by atoms with E-state index in [-0.39, 0.29) is 15.1 Å². The Labute approximate surface area is 112 Å². The van der Waals surface area contributed by atoms with Crippen molar-refractivity contribution in [2.24, 2.45) is 0 Å². The van der Waals surface area contributed by atoms with E-state index in [1.807, 2.05) is 0 Å². The van der Waals surface area contributed by atoms with Crippen LogP contribution >= 0.6 is 15.9 Å². The third-order valence-electron chi connectivity index (χ3n) is 2.24. The average molecular weight is 334 g/mol. The predicted molar refractivity (Wildman–Crippen MR) is 68.2 cm³/mol. The van der Waals surface area contributed by atoms with Crippen LogP contribution in [0.3, 0.4) is 0 Å². The SMILES string of the molecule is Cc1[nH]ncc1S(=O)(=O)Nc1ccc(Br)c(F)c1. The van der Waals surface area contributed by atoms with Gasteiger partial charge in [-0.25, -0.2) is 12.8 Å². The second kappa shape index (κ2) is 4.69. The lowest BCUT2D eigenvalue weighted by Gasteiger charge is -2.07. The van der Waals surface area contributed by atoms with Crippen LogP contribution < -0.4 is 4.72 Å². The van der Waals surface area contributed by atoms with Crippen molar-refractivity contribution in [3.05, 3.63) is 40.4 Å². The Balaban J connectivity index is 2.34. The van der Waals surface area contributed by atoms with Gasteiger partial charge in [0.25, 0.3) is 10.0 Å². The van der Waals surface area contributed by atoms with Gasteiger partial charge >= 0.3 is 0 Å². The van der Waals surface area contributed by atoms with Crippen molar-refractivity contribution in [3.8, 4) is 0 Å². The zero-order chi connectivity index (χ0) is 13.3. The van der Waals surface area contributed by atoms with Crippen LogP contribution in [0, 0.1) is 12.7 Å². The van der Waals surface area contributed by atoms with Gasteiger partial charge in [0.1, 0.15) is 10.7 Å². The predicted octanol–water partition coefficient (Wildman–Crippen LogP) is 2.42. The van der Waals surface area contributed by atoms with E-state index in [1.165, 1.54) is 18.3 Å². The van der Waals surface area contributed by atoms with Crippen LogP contribution in [0.1, 0.15) is 5.69 Å². The van der Waals surface area contributed by atoms with Gasteiger partial charge in [0.05, 0.1) is 22.1 Å². The molecule has 0 bridgehead atoms. The lowest BCUT2D eigenvalue weighted by atomic mass is 10.3. The van der Waals surface area contributed by atoms with Crippen LogP contribution in [0.5, 0.6) is 0 Å². The highest BCUT2D eigenvalue weighted by Crippen LogP contribution is 2.22. The number of aromatic nitrogens is 2. The van der Waals surface area contributed by atoms with E-state index in [0.29, 0.717) is 5.69 Å². The summed E-state index contributed by atoms with van der Waals surface area (Å²) < 4.78 is 39.8. The van der Waals surface area contributed by atoms with E-state index >= 15 is 0 Å². The first-order chi connectivity index (χ1) is 8.40. The monoisotopic (exact) mass is 333 g/mol. The second-order valence-electron chi connectivity index (χ2n) is 3.59. The van der Waals surface area contributed by atoms with E-state index in [1.54, 1.807) is 6.92 Å². The fourth-order valence-electron chi connectivity index (χ4n) is 1.38. The van der Waals surface area contributed by atoms with Gasteiger partial charge in [-0.05, 0) is 41.1 Å². The van der Waals surface area contributed by atoms with Crippen LogP contribution in [-0.2, 0) is 10.0 Å². The van der Waals surface area contributed by atoms with Gasteiger partial charge in [-0.3, -0.25) is 9.82 Å². The zero-order valence-electron chi connectivity index (χ0n) is 9.24. The molecule has 1 aromatic carbocycles. The lowest BCUT2D eigenvalue weighted by Crippen LogP contribution is -2.13. The maximum Gasteiger partial charge on any atom is 0.265 e. The number of benzene rings is 1. The summed E-state index contributed by atoms with van der Waals surface area (Å²) in [5.74, 6) is -0.542. The minimum absolute atomic E-state index is 0.0332. The molecular formula is C10H9BrFN3O2S. The maximum absolute atomic E-state index is 13.3. The molecule has 0 unspecified atom stereocenters. The number of aryl methyl sites for hydroxylation is 1. The first-order valence-corrected chi connectivity index (χ1v) is 7.15. The van der Waals surface area contributed by atoms with Crippen molar-refractivity contribution >= 4 is 31.6 Å². The second-order valence-corrected chi connectivity index (χ2v) is 6.10. The van der Waals surface area contributed by atoms with Crippen LogP contribution in [0.25, 0.3) is 0 Å². The number of aromatic amines is 1. The van der Waals surface area contributed by atoms with Crippen LogP contribution in [0.4, 0.5) is 10.1 Å². The number of nitrogens with one attached hydrogen (secondary N) is 2. The number of halogens is 2. The summed E-state index contributed by atoms with van der Waals surface area (Å²) in [6.07, 6.45) is 1.20. The molecule has 0 spiro atoms. The third-order valence-corrected chi connectivity index (χ3v) is 4.38. The highest BCUT2D eigenvalue weighted by molar-refractivity contribution is 9.10. The summed E-state index contributed by atoms with van der Waals surface area (Å²) >= 11 is 2.99. The highest BCUT2D eigenvalue weighted by atomic mass is 79.9. The molecule has 1 heterocycles. The molecule has 2 rings (SSSR count). The first kappa shape index (κ1) is 13.0. The van der Waals surface area contributed by atoms with E-state index in [4.69, 9.17) is 0 Å². The van der Waals surface area contributed by atoms with Gasteiger partial charge in [-0.2, -0.15) is 5.10 Å². The molecule has 0 saturated heterocycles. The molecule has 0 saturated carbocycles. The van der Waals surface area contributed by atoms with Crippen molar-refractivity contribution < 1.29 is 12.8 Å². The molecule has 0 aliphatic heterocycles. The topological polar surface area (TPSA) is 74.8 Å². The Hall–Kier alpha value is -1.41. The van der Waals surface area contributed by atoms with Crippen molar-refractivity contribution in [2.75, 3.05) is 4.72 Å². The van der Waals surface area contributed by atoms with Crippen LogP contribution in [0.2, 0.25) is 0 Å². The molecule has 0 aliphatic carbocycles. The van der Waals surface area contributed by atoms with E-state index < -0.39 is 15.8 Å². The molecular weight excluding hydrogens is 325 g/mol. The molecule has 0 fully saturated rings. The normalized spacial score (nSPS) is 11.5. The first-order valence-electron chi connectivity index (χ1n) is 4.88. The standard InChI is InChI=1S/C10H9BrFN3O2S/c1-6-10(5-13-14-6)18(16,17)15-7-2-3-8(11)9(12)4-7/h2-5,15H,1H3,(H,13,14). The fourth-order valence-corrected chi connectivity index (χ4v) is 2.81. The highest BCUT2D eigenvalue weighted by Gasteiger charge is 2.18. The smallest absolute Gasteiger partial charge is 0.265 e. The molecule has 0 radical (unpaired) electrons. The summed E-state index contributed by atoms with van der Waals surface area (Å²) in [7, 11) is -3.76. The van der Waals surface area contributed by atoms with Gasteiger partial charge in [-0.15, -0.1) is 0 Å². The van der Waals surface area contributed by atoms with E-state index in [0.717, 1.165) is 6.07 Å². The van der Waals surface area contributed by atoms with Crippen LogP contribution in [0.15, 0.2) is 33.8 Å².